The Labute approximate surface area is 120 Å². The fourth-order valence-electron chi connectivity index (χ4n) is 2.47. The van der Waals surface area contributed by atoms with Gasteiger partial charge in [0.05, 0.1) is 0 Å². The van der Waals surface area contributed by atoms with E-state index in [4.69, 9.17) is 9.47 Å². The van der Waals surface area contributed by atoms with Crippen molar-refractivity contribution in [3.8, 4) is 11.5 Å². The maximum atomic E-state index is 12.3. The second-order valence-electron chi connectivity index (χ2n) is 5.66. The molecule has 1 heterocycles. The van der Waals surface area contributed by atoms with Crippen molar-refractivity contribution in [2.75, 3.05) is 6.79 Å². The lowest BCUT2D eigenvalue weighted by Crippen LogP contribution is -2.35. The molecule has 4 nitrogen and oxygen atoms in total. The highest BCUT2D eigenvalue weighted by molar-refractivity contribution is 5.95. The second kappa shape index (κ2) is 6.64. The minimum atomic E-state index is -0.0394. The average molecular weight is 277 g/mol. The molecule has 110 valence electrons. The Kier molecular flexibility index (Phi) is 4.88. The number of ether oxygens (including phenoxy) is 2. The SMILES string of the molecule is CCCC(CC(C)C)NC(=O)c1ccc2c(c1)OCO2. The zero-order chi connectivity index (χ0) is 14.5. The van der Waals surface area contributed by atoms with Crippen molar-refractivity contribution >= 4 is 5.91 Å². The molecule has 0 spiro atoms. The number of benzene rings is 1. The van der Waals surface area contributed by atoms with Crippen molar-refractivity contribution in [3.05, 3.63) is 23.8 Å². The van der Waals surface area contributed by atoms with E-state index >= 15 is 0 Å². The van der Waals surface area contributed by atoms with Gasteiger partial charge in [-0.05, 0) is 37.0 Å². The van der Waals surface area contributed by atoms with Crippen LogP contribution in [0, 0.1) is 5.92 Å². The van der Waals surface area contributed by atoms with Gasteiger partial charge in [-0.25, -0.2) is 0 Å². The molecule has 1 amide bonds. The van der Waals surface area contributed by atoms with Gasteiger partial charge in [0.1, 0.15) is 0 Å². The van der Waals surface area contributed by atoms with Crippen LogP contribution in [0.1, 0.15) is 50.4 Å². The molecule has 1 aliphatic rings. The Morgan fingerprint density at radius 2 is 2.05 bits per heavy atom. The van der Waals surface area contributed by atoms with Crippen LogP contribution in [0.2, 0.25) is 0 Å². The molecule has 1 unspecified atom stereocenters. The van der Waals surface area contributed by atoms with E-state index in [-0.39, 0.29) is 18.7 Å². The summed E-state index contributed by atoms with van der Waals surface area (Å²) in [6.45, 7) is 6.72. The molecule has 2 rings (SSSR count). The summed E-state index contributed by atoms with van der Waals surface area (Å²) in [6.07, 6.45) is 3.08. The van der Waals surface area contributed by atoms with Gasteiger partial charge in [0.25, 0.3) is 5.91 Å². The summed E-state index contributed by atoms with van der Waals surface area (Å²) in [5, 5.41) is 3.12. The summed E-state index contributed by atoms with van der Waals surface area (Å²) in [6, 6.07) is 5.55. The molecule has 0 aromatic heterocycles. The number of fused-ring (bicyclic) bond motifs is 1. The molecule has 0 bridgehead atoms. The van der Waals surface area contributed by atoms with E-state index in [0.717, 1.165) is 19.3 Å². The summed E-state index contributed by atoms with van der Waals surface area (Å²) in [5.41, 5.74) is 0.624. The van der Waals surface area contributed by atoms with Crippen LogP contribution in [0.3, 0.4) is 0 Å². The molecule has 0 fully saturated rings. The monoisotopic (exact) mass is 277 g/mol. The lowest BCUT2D eigenvalue weighted by atomic mass is 9.99. The van der Waals surface area contributed by atoms with Gasteiger partial charge < -0.3 is 14.8 Å². The first-order valence-corrected chi connectivity index (χ1v) is 7.30. The Morgan fingerprint density at radius 1 is 1.30 bits per heavy atom. The number of hydrogen-bond donors (Lipinski definition) is 1. The van der Waals surface area contributed by atoms with Gasteiger partial charge in [0.2, 0.25) is 6.79 Å². The highest BCUT2D eigenvalue weighted by Crippen LogP contribution is 2.32. The van der Waals surface area contributed by atoms with E-state index in [1.54, 1.807) is 18.2 Å². The molecule has 1 aliphatic heterocycles. The molecule has 0 aliphatic carbocycles. The number of carbonyl (C=O) groups excluding carboxylic acids is 1. The number of amides is 1. The summed E-state index contributed by atoms with van der Waals surface area (Å²) < 4.78 is 10.6. The summed E-state index contributed by atoms with van der Waals surface area (Å²) in [7, 11) is 0. The summed E-state index contributed by atoms with van der Waals surface area (Å²) >= 11 is 0. The Hall–Kier alpha value is -1.71. The summed E-state index contributed by atoms with van der Waals surface area (Å²) in [4.78, 5) is 12.3. The van der Waals surface area contributed by atoms with Gasteiger partial charge in [-0.15, -0.1) is 0 Å². The standard InChI is InChI=1S/C16H23NO3/c1-4-5-13(8-11(2)3)17-16(18)12-6-7-14-15(9-12)20-10-19-14/h6-7,9,11,13H,4-5,8,10H2,1-3H3,(H,17,18). The van der Waals surface area contributed by atoms with Gasteiger partial charge in [0, 0.05) is 11.6 Å². The van der Waals surface area contributed by atoms with Crippen LogP contribution in [0.4, 0.5) is 0 Å². The first kappa shape index (κ1) is 14.7. The predicted octanol–water partition coefficient (Wildman–Crippen LogP) is 3.36. The molecule has 1 N–H and O–H groups in total. The summed E-state index contributed by atoms with van der Waals surface area (Å²) in [5.74, 6) is 1.88. The van der Waals surface area contributed by atoms with Crippen molar-refractivity contribution in [2.45, 2.75) is 46.1 Å². The van der Waals surface area contributed by atoms with Crippen molar-refractivity contribution < 1.29 is 14.3 Å². The van der Waals surface area contributed by atoms with Crippen LogP contribution < -0.4 is 14.8 Å². The first-order chi connectivity index (χ1) is 9.60. The molecule has 0 saturated heterocycles. The lowest BCUT2D eigenvalue weighted by molar-refractivity contribution is 0.0929. The topological polar surface area (TPSA) is 47.6 Å². The fraction of sp³-hybridized carbons (Fsp3) is 0.562. The molecule has 1 aromatic rings. The second-order valence-corrected chi connectivity index (χ2v) is 5.66. The third-order valence-corrected chi connectivity index (χ3v) is 3.36. The van der Waals surface area contributed by atoms with Crippen LogP contribution >= 0.6 is 0 Å². The van der Waals surface area contributed by atoms with Crippen molar-refractivity contribution in [1.82, 2.24) is 5.32 Å². The molecule has 20 heavy (non-hydrogen) atoms. The Morgan fingerprint density at radius 3 is 2.75 bits per heavy atom. The highest BCUT2D eigenvalue weighted by Gasteiger charge is 2.18. The van der Waals surface area contributed by atoms with E-state index in [9.17, 15) is 4.79 Å². The first-order valence-electron chi connectivity index (χ1n) is 7.30. The van der Waals surface area contributed by atoms with Crippen LogP contribution in [-0.4, -0.2) is 18.7 Å². The molecule has 0 radical (unpaired) electrons. The van der Waals surface area contributed by atoms with Gasteiger partial charge in [-0.2, -0.15) is 0 Å². The smallest absolute Gasteiger partial charge is 0.251 e. The highest BCUT2D eigenvalue weighted by atomic mass is 16.7. The van der Waals surface area contributed by atoms with Crippen LogP contribution in [0.25, 0.3) is 0 Å². The van der Waals surface area contributed by atoms with Crippen LogP contribution in [0.5, 0.6) is 11.5 Å². The molecular formula is C16H23NO3. The van der Waals surface area contributed by atoms with E-state index < -0.39 is 0 Å². The van der Waals surface area contributed by atoms with Crippen molar-refractivity contribution in [2.24, 2.45) is 5.92 Å². The van der Waals surface area contributed by atoms with Gasteiger partial charge in [-0.1, -0.05) is 27.2 Å². The predicted molar refractivity (Wildman–Crippen MR) is 78.2 cm³/mol. The minimum absolute atomic E-state index is 0.0394. The number of nitrogens with one attached hydrogen (secondary N) is 1. The molecule has 4 heteroatoms. The van der Waals surface area contributed by atoms with Crippen LogP contribution in [0.15, 0.2) is 18.2 Å². The zero-order valence-corrected chi connectivity index (χ0v) is 12.4. The average Bonchev–Trinajstić information content (AvgIpc) is 2.85. The molecule has 1 aromatic carbocycles. The van der Waals surface area contributed by atoms with E-state index in [1.165, 1.54) is 0 Å². The molecule has 0 saturated carbocycles. The largest absolute Gasteiger partial charge is 0.454 e. The van der Waals surface area contributed by atoms with Gasteiger partial charge >= 0.3 is 0 Å². The number of carbonyl (C=O) groups is 1. The normalized spacial score (nSPS) is 14.4. The van der Waals surface area contributed by atoms with Crippen LogP contribution in [-0.2, 0) is 0 Å². The Balaban J connectivity index is 2.02. The zero-order valence-electron chi connectivity index (χ0n) is 12.4. The lowest BCUT2D eigenvalue weighted by Gasteiger charge is -2.20. The van der Waals surface area contributed by atoms with E-state index in [2.05, 4.69) is 26.1 Å². The maximum Gasteiger partial charge on any atom is 0.251 e. The molecular weight excluding hydrogens is 254 g/mol. The molecule has 1 atom stereocenters. The quantitative estimate of drug-likeness (QED) is 0.867. The third-order valence-electron chi connectivity index (χ3n) is 3.36. The van der Waals surface area contributed by atoms with E-state index in [0.29, 0.717) is 23.0 Å². The number of rotatable bonds is 6. The fourth-order valence-corrected chi connectivity index (χ4v) is 2.47. The van der Waals surface area contributed by atoms with Gasteiger partial charge in [-0.3, -0.25) is 4.79 Å². The van der Waals surface area contributed by atoms with Gasteiger partial charge in [0.15, 0.2) is 11.5 Å². The number of hydrogen-bond acceptors (Lipinski definition) is 3. The van der Waals surface area contributed by atoms with Crippen molar-refractivity contribution in [1.29, 1.82) is 0 Å². The van der Waals surface area contributed by atoms with Crippen molar-refractivity contribution in [3.63, 3.8) is 0 Å². The maximum absolute atomic E-state index is 12.3. The third kappa shape index (κ3) is 3.65. The minimum Gasteiger partial charge on any atom is -0.454 e. The Bertz CT molecular complexity index is 471. The van der Waals surface area contributed by atoms with E-state index in [1.807, 2.05) is 0 Å².